The number of fused-ring (bicyclic) bond motifs is 3. The van der Waals surface area contributed by atoms with Gasteiger partial charge in [0.05, 0.1) is 5.69 Å². The maximum Gasteiger partial charge on any atom is 0.573 e. The average molecular weight is 416 g/mol. The number of halogens is 6. The smallest absolute Gasteiger partial charge is 0.406 e. The van der Waals surface area contributed by atoms with Crippen LogP contribution in [0.2, 0.25) is 0 Å². The summed E-state index contributed by atoms with van der Waals surface area (Å²) in [6.45, 7) is 0. The third kappa shape index (κ3) is 3.43. The predicted octanol–water partition coefficient (Wildman–Crippen LogP) is 2.74. The van der Waals surface area contributed by atoms with Crippen LogP contribution in [-0.4, -0.2) is 35.7 Å². The number of aromatic nitrogens is 6. The van der Waals surface area contributed by atoms with Gasteiger partial charge < -0.3 is 4.74 Å². The van der Waals surface area contributed by atoms with Gasteiger partial charge in [-0.05, 0) is 18.2 Å². The second-order valence-electron chi connectivity index (χ2n) is 5.61. The Morgan fingerprint density at radius 2 is 1.76 bits per heavy atom. The molecule has 4 rings (SSSR count). The van der Waals surface area contributed by atoms with E-state index >= 15 is 0 Å². The number of benzene rings is 1. The van der Waals surface area contributed by atoms with Crippen molar-refractivity contribution in [3.63, 3.8) is 0 Å². The number of hydrogen-bond donors (Lipinski definition) is 0. The Morgan fingerprint density at radius 3 is 2.45 bits per heavy atom. The topological polar surface area (TPSA) is 87.2 Å². The molecule has 3 heterocycles. The Balaban J connectivity index is 1.86. The molecule has 0 aliphatic heterocycles. The zero-order valence-electron chi connectivity index (χ0n) is 13.7. The van der Waals surface area contributed by atoms with Crippen LogP contribution in [0.25, 0.3) is 22.5 Å². The fourth-order valence-corrected chi connectivity index (χ4v) is 2.56. The lowest BCUT2D eigenvalue weighted by Crippen LogP contribution is -2.21. The minimum atomic E-state index is -4.92. The molecule has 0 amide bonds. The van der Waals surface area contributed by atoms with Crippen molar-refractivity contribution in [3.05, 3.63) is 52.7 Å². The molecule has 0 saturated heterocycles. The van der Waals surface area contributed by atoms with Gasteiger partial charge in [-0.25, -0.2) is 0 Å². The summed E-state index contributed by atoms with van der Waals surface area (Å²) < 4.78 is 81.0. The van der Waals surface area contributed by atoms with Crippen LogP contribution in [0.4, 0.5) is 26.3 Å². The Kier molecular flexibility index (Phi) is 3.95. The molecule has 0 fully saturated rings. The maximum atomic E-state index is 12.8. The molecule has 0 spiro atoms. The molecule has 3 aromatic heterocycles. The van der Waals surface area contributed by atoms with Crippen molar-refractivity contribution < 1.29 is 31.1 Å². The molecule has 1 aromatic carbocycles. The van der Waals surface area contributed by atoms with Crippen molar-refractivity contribution in [2.24, 2.45) is 0 Å². The van der Waals surface area contributed by atoms with Gasteiger partial charge in [-0.15, -0.1) is 28.5 Å². The second kappa shape index (κ2) is 6.15. The lowest BCUT2D eigenvalue weighted by Gasteiger charge is -2.11. The molecule has 29 heavy (non-hydrogen) atoms. The van der Waals surface area contributed by atoms with Crippen LogP contribution in [0.15, 0.2) is 41.3 Å². The van der Waals surface area contributed by atoms with E-state index in [-0.39, 0.29) is 16.7 Å². The van der Waals surface area contributed by atoms with Gasteiger partial charge in [-0.3, -0.25) is 9.36 Å². The van der Waals surface area contributed by atoms with E-state index in [0.29, 0.717) is 4.52 Å². The third-order valence-electron chi connectivity index (χ3n) is 3.69. The summed E-state index contributed by atoms with van der Waals surface area (Å²) in [5, 5.41) is 10.3. The Bertz CT molecular complexity index is 1290. The number of nitrogens with zero attached hydrogens (tertiary/aromatic N) is 6. The third-order valence-corrected chi connectivity index (χ3v) is 3.69. The van der Waals surface area contributed by atoms with Gasteiger partial charge in [0.15, 0.2) is 5.52 Å². The highest BCUT2D eigenvalue weighted by atomic mass is 19.4. The van der Waals surface area contributed by atoms with E-state index in [4.69, 9.17) is 0 Å². The minimum Gasteiger partial charge on any atom is -0.406 e. The van der Waals surface area contributed by atoms with E-state index in [9.17, 15) is 31.1 Å². The molecule has 8 nitrogen and oxygen atoms in total. The van der Waals surface area contributed by atoms with Crippen molar-refractivity contribution in [1.29, 1.82) is 0 Å². The Morgan fingerprint density at radius 1 is 1.00 bits per heavy atom. The van der Waals surface area contributed by atoms with Crippen LogP contribution >= 0.6 is 0 Å². The number of pyridine rings is 1. The molecule has 14 heteroatoms. The summed E-state index contributed by atoms with van der Waals surface area (Å²) in [6.07, 6.45) is -8.60. The van der Waals surface area contributed by atoms with Crippen LogP contribution in [0.3, 0.4) is 0 Å². The van der Waals surface area contributed by atoms with Crippen LogP contribution in [0.5, 0.6) is 5.75 Å². The molecular weight excluding hydrogens is 410 g/mol. The molecular formula is C15H6F6N6O2. The van der Waals surface area contributed by atoms with E-state index in [2.05, 4.69) is 25.0 Å². The average Bonchev–Trinajstić information content (AvgIpc) is 3.06. The quantitative estimate of drug-likeness (QED) is 0.467. The van der Waals surface area contributed by atoms with Gasteiger partial charge in [-0.1, -0.05) is 6.07 Å². The number of alkyl halides is 6. The zero-order chi connectivity index (χ0) is 21.0. The van der Waals surface area contributed by atoms with Gasteiger partial charge >= 0.3 is 12.5 Å². The highest BCUT2D eigenvalue weighted by Crippen LogP contribution is 2.27. The van der Waals surface area contributed by atoms with Crippen molar-refractivity contribution in [2.45, 2.75) is 12.5 Å². The molecule has 0 atom stereocenters. The van der Waals surface area contributed by atoms with E-state index in [0.717, 1.165) is 22.9 Å². The van der Waals surface area contributed by atoms with E-state index in [1.54, 1.807) is 0 Å². The lowest BCUT2D eigenvalue weighted by atomic mass is 10.3. The summed E-state index contributed by atoms with van der Waals surface area (Å²) >= 11 is 0. The maximum absolute atomic E-state index is 12.8. The first-order valence-corrected chi connectivity index (χ1v) is 7.61. The summed E-state index contributed by atoms with van der Waals surface area (Å²) in [5.41, 5.74) is -1.30. The van der Waals surface area contributed by atoms with Crippen LogP contribution in [-0.2, 0) is 6.18 Å². The normalized spacial score (nSPS) is 12.6. The van der Waals surface area contributed by atoms with Crippen molar-refractivity contribution in [1.82, 2.24) is 29.4 Å². The lowest BCUT2D eigenvalue weighted by molar-refractivity contribution is -0.274. The second-order valence-corrected chi connectivity index (χ2v) is 5.61. The first kappa shape index (κ1) is 18.6. The molecule has 0 saturated carbocycles. The van der Waals surface area contributed by atoms with Crippen molar-refractivity contribution in [3.8, 4) is 11.4 Å². The van der Waals surface area contributed by atoms with Gasteiger partial charge in [0.25, 0.3) is 17.2 Å². The molecule has 0 aliphatic rings. The first-order chi connectivity index (χ1) is 13.5. The fraction of sp³-hybridized carbons (Fsp3) is 0.133. The standard InChI is InChI=1S/C15H6F6N6O2/c16-14(17,18)12-22-13-24-23-10-9(27(13)25-12)4-5-26(11(10)28)7-2-1-3-8(6-7)29-15(19,20)21/h1-6H. The van der Waals surface area contributed by atoms with Crippen molar-refractivity contribution >= 4 is 16.8 Å². The van der Waals surface area contributed by atoms with Crippen LogP contribution < -0.4 is 10.3 Å². The number of ether oxygens (including phenoxy) is 1. The molecule has 150 valence electrons. The summed E-state index contributed by atoms with van der Waals surface area (Å²) in [5.74, 6) is -2.49. The number of rotatable bonds is 2. The number of hydrogen-bond acceptors (Lipinski definition) is 6. The predicted molar refractivity (Wildman–Crippen MR) is 83.4 cm³/mol. The highest BCUT2D eigenvalue weighted by Gasteiger charge is 2.37. The summed E-state index contributed by atoms with van der Waals surface area (Å²) in [6, 6.07) is 5.78. The molecule has 0 bridgehead atoms. The molecule has 0 aliphatic carbocycles. The largest absolute Gasteiger partial charge is 0.573 e. The van der Waals surface area contributed by atoms with E-state index in [1.165, 1.54) is 18.2 Å². The fourth-order valence-electron chi connectivity index (χ4n) is 2.56. The summed E-state index contributed by atoms with van der Waals surface area (Å²) in [7, 11) is 0. The molecule has 0 unspecified atom stereocenters. The highest BCUT2D eigenvalue weighted by molar-refractivity contribution is 5.74. The van der Waals surface area contributed by atoms with E-state index in [1.807, 2.05) is 0 Å². The minimum absolute atomic E-state index is 0.00937. The van der Waals surface area contributed by atoms with Gasteiger partial charge in [-0.2, -0.15) is 22.7 Å². The first-order valence-electron chi connectivity index (χ1n) is 7.61. The van der Waals surface area contributed by atoms with Crippen LogP contribution in [0.1, 0.15) is 5.82 Å². The van der Waals surface area contributed by atoms with E-state index < -0.39 is 35.4 Å². The molecule has 0 N–H and O–H groups in total. The monoisotopic (exact) mass is 416 g/mol. The summed E-state index contributed by atoms with van der Waals surface area (Å²) in [4.78, 5) is 15.9. The van der Waals surface area contributed by atoms with Gasteiger partial charge in [0, 0.05) is 12.3 Å². The molecule has 4 aromatic rings. The zero-order valence-corrected chi connectivity index (χ0v) is 13.7. The van der Waals surface area contributed by atoms with Crippen LogP contribution in [0, 0.1) is 0 Å². The van der Waals surface area contributed by atoms with Gasteiger partial charge in [0.2, 0.25) is 0 Å². The SMILES string of the molecule is O=c1c2nnc3nc(C(F)(F)F)nn3c2ccn1-c1cccc(OC(F)(F)F)c1. The Labute approximate surface area is 155 Å². The Hall–Kier alpha value is -3.71. The molecule has 0 radical (unpaired) electrons. The van der Waals surface area contributed by atoms with Crippen molar-refractivity contribution in [2.75, 3.05) is 0 Å². The van der Waals surface area contributed by atoms with Gasteiger partial charge in [0.1, 0.15) is 11.3 Å².